The summed E-state index contributed by atoms with van der Waals surface area (Å²) in [6.07, 6.45) is 2.35. The van der Waals surface area contributed by atoms with Crippen molar-refractivity contribution in [1.29, 1.82) is 0 Å². The van der Waals surface area contributed by atoms with Gasteiger partial charge < -0.3 is 4.90 Å². The van der Waals surface area contributed by atoms with Gasteiger partial charge in [0.2, 0.25) is 5.91 Å². The molecule has 1 N–H and O–H groups in total. The standard InChI is InChI=1S/C25H26N4O5/c1-14-10-15(2)21(16(3)11-14)28-23(31)25(22(30)26-24(28)32)13-17-12-18(29(33)34)7-8-19(17)27-9-5-4-6-20(25)27/h7-8,10-12,20H,4-6,9,13H2,1-3H3,(H,26,30,32)/t20-,25+/m1/s1. The molecule has 2 fully saturated rings. The zero-order chi connectivity index (χ0) is 24.4. The molecule has 0 saturated carbocycles. The molecule has 0 unspecified atom stereocenters. The number of amides is 4. The van der Waals surface area contributed by atoms with E-state index in [0.717, 1.165) is 40.1 Å². The molecule has 2 saturated heterocycles. The molecule has 2 aromatic rings. The Morgan fingerprint density at radius 1 is 1.06 bits per heavy atom. The number of hydrogen-bond donors (Lipinski definition) is 1. The van der Waals surface area contributed by atoms with Gasteiger partial charge in [-0.25, -0.2) is 9.69 Å². The molecule has 9 nitrogen and oxygen atoms in total. The lowest BCUT2D eigenvalue weighted by Gasteiger charge is -2.53. The number of hydrogen-bond acceptors (Lipinski definition) is 6. The maximum atomic E-state index is 14.3. The molecule has 0 bridgehead atoms. The molecule has 3 aliphatic rings. The molecular formula is C25H26N4O5. The minimum atomic E-state index is -1.56. The largest absolute Gasteiger partial charge is 0.367 e. The second-order valence-electron chi connectivity index (χ2n) is 9.57. The van der Waals surface area contributed by atoms with Gasteiger partial charge >= 0.3 is 6.03 Å². The van der Waals surface area contributed by atoms with Crippen LogP contribution in [-0.2, 0) is 16.0 Å². The van der Waals surface area contributed by atoms with E-state index in [1.54, 1.807) is 6.07 Å². The van der Waals surface area contributed by atoms with Crippen LogP contribution in [0.1, 0.15) is 41.5 Å². The lowest BCUT2D eigenvalue weighted by atomic mass is 9.66. The van der Waals surface area contributed by atoms with E-state index in [4.69, 9.17) is 0 Å². The fourth-order valence-corrected chi connectivity index (χ4v) is 6.09. The first-order valence-corrected chi connectivity index (χ1v) is 11.5. The zero-order valence-corrected chi connectivity index (χ0v) is 19.4. The Labute approximate surface area is 196 Å². The van der Waals surface area contributed by atoms with Gasteiger partial charge in [-0.2, -0.15) is 0 Å². The van der Waals surface area contributed by atoms with Crippen LogP contribution in [0.3, 0.4) is 0 Å². The fraction of sp³-hybridized carbons (Fsp3) is 0.400. The molecule has 176 valence electrons. The van der Waals surface area contributed by atoms with E-state index in [2.05, 4.69) is 5.32 Å². The molecule has 2 atom stereocenters. The third-order valence-corrected chi connectivity index (χ3v) is 7.40. The summed E-state index contributed by atoms with van der Waals surface area (Å²) in [6, 6.07) is 7.22. The number of urea groups is 1. The monoisotopic (exact) mass is 462 g/mol. The fourth-order valence-electron chi connectivity index (χ4n) is 6.09. The molecule has 9 heteroatoms. The summed E-state index contributed by atoms with van der Waals surface area (Å²) in [5, 5.41) is 13.9. The predicted octanol–water partition coefficient (Wildman–Crippen LogP) is 3.70. The highest BCUT2D eigenvalue weighted by molar-refractivity contribution is 6.31. The van der Waals surface area contributed by atoms with Gasteiger partial charge in [0, 0.05) is 30.8 Å². The number of nitro groups is 1. The lowest BCUT2D eigenvalue weighted by molar-refractivity contribution is -0.384. The van der Waals surface area contributed by atoms with Gasteiger partial charge in [-0.1, -0.05) is 17.7 Å². The van der Waals surface area contributed by atoms with Crippen LogP contribution in [0.15, 0.2) is 30.3 Å². The van der Waals surface area contributed by atoms with Crippen LogP contribution in [0.25, 0.3) is 0 Å². The number of aryl methyl sites for hydroxylation is 3. The number of non-ortho nitro benzene ring substituents is 1. The van der Waals surface area contributed by atoms with Crippen molar-refractivity contribution in [1.82, 2.24) is 5.32 Å². The molecule has 0 aromatic heterocycles. The predicted molar refractivity (Wildman–Crippen MR) is 126 cm³/mol. The molecule has 1 spiro atoms. The second kappa shape index (κ2) is 7.65. The summed E-state index contributed by atoms with van der Waals surface area (Å²) in [5.74, 6) is -1.19. The summed E-state index contributed by atoms with van der Waals surface area (Å²) in [6.45, 7) is 6.25. The highest BCUT2D eigenvalue weighted by atomic mass is 16.6. The number of benzene rings is 2. The van der Waals surface area contributed by atoms with E-state index in [-0.39, 0.29) is 12.1 Å². The Hall–Kier alpha value is -3.75. The van der Waals surface area contributed by atoms with Crippen molar-refractivity contribution in [3.8, 4) is 0 Å². The second-order valence-corrected chi connectivity index (χ2v) is 9.57. The van der Waals surface area contributed by atoms with Gasteiger partial charge in [-0.05, 0) is 62.8 Å². The van der Waals surface area contributed by atoms with E-state index in [1.165, 1.54) is 12.1 Å². The van der Waals surface area contributed by atoms with E-state index < -0.39 is 34.2 Å². The van der Waals surface area contributed by atoms with Gasteiger partial charge in [0.05, 0.1) is 16.7 Å². The van der Waals surface area contributed by atoms with Crippen LogP contribution in [0, 0.1) is 36.3 Å². The summed E-state index contributed by atoms with van der Waals surface area (Å²) in [5.41, 5.74) is 2.75. The smallest absolute Gasteiger partial charge is 0.335 e. The number of piperidine rings is 1. The first kappa shape index (κ1) is 22.1. The molecule has 0 aliphatic carbocycles. The van der Waals surface area contributed by atoms with Crippen LogP contribution in [-0.4, -0.2) is 35.4 Å². The van der Waals surface area contributed by atoms with Crippen molar-refractivity contribution >= 4 is 34.9 Å². The quantitative estimate of drug-likeness (QED) is 0.414. The molecule has 34 heavy (non-hydrogen) atoms. The molecule has 3 heterocycles. The van der Waals surface area contributed by atoms with Crippen molar-refractivity contribution in [2.45, 2.75) is 52.5 Å². The number of barbiturate groups is 1. The zero-order valence-electron chi connectivity index (χ0n) is 19.4. The summed E-state index contributed by atoms with van der Waals surface area (Å²) in [4.78, 5) is 55.0. The molecule has 0 radical (unpaired) electrons. The molecule has 4 amide bonds. The number of rotatable bonds is 2. The number of carbonyl (C=O) groups excluding carboxylic acids is 3. The summed E-state index contributed by atoms with van der Waals surface area (Å²) < 4.78 is 0. The Morgan fingerprint density at radius 3 is 2.44 bits per heavy atom. The molecule has 3 aliphatic heterocycles. The average molecular weight is 463 g/mol. The normalized spacial score (nSPS) is 24.1. The van der Waals surface area contributed by atoms with Crippen LogP contribution in [0.5, 0.6) is 0 Å². The van der Waals surface area contributed by atoms with Crippen molar-refractivity contribution in [2.24, 2.45) is 5.41 Å². The topological polar surface area (TPSA) is 113 Å². The van der Waals surface area contributed by atoms with Gasteiger partial charge in [-0.3, -0.25) is 25.0 Å². The van der Waals surface area contributed by atoms with Crippen LogP contribution in [0.4, 0.5) is 21.9 Å². The summed E-state index contributed by atoms with van der Waals surface area (Å²) >= 11 is 0. The average Bonchev–Trinajstić information content (AvgIpc) is 2.78. The number of carbonyl (C=O) groups is 3. The number of anilines is 2. The van der Waals surface area contributed by atoms with E-state index >= 15 is 0 Å². The van der Waals surface area contributed by atoms with E-state index in [1.807, 2.05) is 37.8 Å². The number of nitrogens with zero attached hydrogens (tertiary/aromatic N) is 3. The SMILES string of the molecule is Cc1cc(C)c(N2C(=O)NC(=O)[C@@]3(Cc4cc([N+](=O)[O-])ccc4N4CCCC[C@@H]43)C2=O)c(C)c1. The van der Waals surface area contributed by atoms with Crippen LogP contribution < -0.4 is 15.1 Å². The number of fused-ring (bicyclic) bond motifs is 4. The third-order valence-electron chi connectivity index (χ3n) is 7.40. The molecule has 5 rings (SSSR count). The van der Waals surface area contributed by atoms with Crippen molar-refractivity contribution in [2.75, 3.05) is 16.3 Å². The minimum absolute atomic E-state index is 0.00355. The minimum Gasteiger partial charge on any atom is -0.367 e. The van der Waals surface area contributed by atoms with E-state index in [0.29, 0.717) is 24.2 Å². The van der Waals surface area contributed by atoms with Crippen LogP contribution in [0.2, 0.25) is 0 Å². The van der Waals surface area contributed by atoms with Gasteiger partial charge in [-0.15, -0.1) is 0 Å². The maximum Gasteiger partial charge on any atom is 0.335 e. The number of nitrogens with one attached hydrogen (secondary N) is 1. The highest BCUT2D eigenvalue weighted by Gasteiger charge is 2.62. The molecule has 2 aromatic carbocycles. The highest BCUT2D eigenvalue weighted by Crippen LogP contribution is 2.49. The third kappa shape index (κ3) is 3.03. The first-order chi connectivity index (χ1) is 16.1. The Morgan fingerprint density at radius 2 is 1.76 bits per heavy atom. The lowest BCUT2D eigenvalue weighted by Crippen LogP contribution is -2.73. The maximum absolute atomic E-state index is 14.3. The Bertz CT molecular complexity index is 1250. The van der Waals surface area contributed by atoms with Crippen molar-refractivity contribution in [3.63, 3.8) is 0 Å². The number of imide groups is 2. The van der Waals surface area contributed by atoms with Crippen LogP contribution >= 0.6 is 0 Å². The van der Waals surface area contributed by atoms with Crippen molar-refractivity contribution in [3.05, 3.63) is 62.7 Å². The summed E-state index contributed by atoms with van der Waals surface area (Å²) in [7, 11) is 0. The van der Waals surface area contributed by atoms with Gasteiger partial charge in [0.15, 0.2) is 5.41 Å². The van der Waals surface area contributed by atoms with Gasteiger partial charge in [0.25, 0.3) is 11.6 Å². The van der Waals surface area contributed by atoms with E-state index in [9.17, 15) is 24.5 Å². The Kier molecular flexibility index (Phi) is 4.96. The van der Waals surface area contributed by atoms with Gasteiger partial charge in [0.1, 0.15) is 0 Å². The first-order valence-electron chi connectivity index (χ1n) is 11.5. The van der Waals surface area contributed by atoms with Crippen molar-refractivity contribution < 1.29 is 19.3 Å². The molecular weight excluding hydrogens is 436 g/mol. The Balaban J connectivity index is 1.70. The number of nitro benzene ring substituents is 1.